The number of carbonyl (C=O) groups excluding carboxylic acids is 1. The van der Waals surface area contributed by atoms with Crippen LogP contribution in [-0.4, -0.2) is 31.8 Å². The van der Waals surface area contributed by atoms with Crippen molar-refractivity contribution in [2.45, 2.75) is 26.4 Å². The average Bonchev–Trinajstić information content (AvgIpc) is 3.17. The maximum Gasteiger partial charge on any atom is 0.264 e. The van der Waals surface area contributed by atoms with Gasteiger partial charge < -0.3 is 5.32 Å². The molecule has 1 N–H and O–H groups in total. The lowest BCUT2D eigenvalue weighted by Crippen LogP contribution is -2.29. The predicted octanol–water partition coefficient (Wildman–Crippen LogP) is 2.96. The molecule has 0 fully saturated rings. The standard InChI is InChI=1S/C23H22ClN5O2/c1-16-6-8-17(9-7-16)14-28-15-26-22-19(23(28)31)13-27-29(22)11-10-25-21(30)12-18-4-2-3-5-20(18)24/h2-9,13,15H,10-12,14H2,1H3,(H,25,30). The van der Waals surface area contributed by atoms with E-state index in [4.69, 9.17) is 11.6 Å². The second-order valence-corrected chi connectivity index (χ2v) is 7.79. The summed E-state index contributed by atoms with van der Waals surface area (Å²) in [6, 6.07) is 15.3. The van der Waals surface area contributed by atoms with Crippen LogP contribution in [0.2, 0.25) is 5.02 Å². The van der Waals surface area contributed by atoms with E-state index in [1.165, 1.54) is 11.8 Å². The van der Waals surface area contributed by atoms with E-state index < -0.39 is 0 Å². The Kier molecular flexibility index (Phi) is 6.13. The molecule has 0 spiro atoms. The molecule has 0 saturated carbocycles. The summed E-state index contributed by atoms with van der Waals surface area (Å²) in [5.74, 6) is -0.127. The minimum absolute atomic E-state index is 0.127. The minimum atomic E-state index is -0.139. The van der Waals surface area contributed by atoms with Crippen molar-refractivity contribution in [1.29, 1.82) is 0 Å². The lowest BCUT2D eigenvalue weighted by molar-refractivity contribution is -0.120. The summed E-state index contributed by atoms with van der Waals surface area (Å²) in [6.07, 6.45) is 3.28. The molecule has 4 rings (SSSR count). The van der Waals surface area contributed by atoms with Gasteiger partial charge in [0.05, 0.1) is 25.7 Å². The first-order valence-corrected chi connectivity index (χ1v) is 10.4. The first-order valence-electron chi connectivity index (χ1n) is 9.98. The Balaban J connectivity index is 1.40. The number of nitrogens with zero attached hydrogens (tertiary/aromatic N) is 4. The number of benzene rings is 2. The summed E-state index contributed by atoms with van der Waals surface area (Å²) in [4.78, 5) is 29.4. The molecule has 8 heteroatoms. The van der Waals surface area contributed by atoms with E-state index >= 15 is 0 Å². The van der Waals surface area contributed by atoms with Gasteiger partial charge in [0.2, 0.25) is 5.91 Å². The second-order valence-electron chi connectivity index (χ2n) is 7.39. The van der Waals surface area contributed by atoms with Gasteiger partial charge in [-0.05, 0) is 24.1 Å². The molecule has 0 bridgehead atoms. The fourth-order valence-electron chi connectivity index (χ4n) is 3.34. The van der Waals surface area contributed by atoms with Crippen LogP contribution in [0.3, 0.4) is 0 Å². The summed E-state index contributed by atoms with van der Waals surface area (Å²) in [7, 11) is 0. The van der Waals surface area contributed by atoms with Crippen LogP contribution in [0.1, 0.15) is 16.7 Å². The molecule has 4 aromatic rings. The molecule has 1 amide bonds. The third-order valence-electron chi connectivity index (χ3n) is 5.05. The van der Waals surface area contributed by atoms with Gasteiger partial charge in [0.15, 0.2) is 5.65 Å². The van der Waals surface area contributed by atoms with Gasteiger partial charge in [0, 0.05) is 11.6 Å². The van der Waals surface area contributed by atoms with Crippen molar-refractivity contribution in [2.24, 2.45) is 0 Å². The van der Waals surface area contributed by atoms with E-state index in [2.05, 4.69) is 15.4 Å². The quantitative estimate of drug-likeness (QED) is 0.484. The molecule has 2 heterocycles. The summed E-state index contributed by atoms with van der Waals surface area (Å²) >= 11 is 6.10. The number of aryl methyl sites for hydroxylation is 1. The topological polar surface area (TPSA) is 81.8 Å². The highest BCUT2D eigenvalue weighted by molar-refractivity contribution is 6.31. The van der Waals surface area contributed by atoms with Gasteiger partial charge in [0.1, 0.15) is 11.7 Å². The third-order valence-corrected chi connectivity index (χ3v) is 5.42. The molecular weight excluding hydrogens is 414 g/mol. The molecule has 2 aromatic carbocycles. The van der Waals surface area contributed by atoms with E-state index in [0.29, 0.717) is 35.7 Å². The number of nitrogens with one attached hydrogen (secondary N) is 1. The Labute approximate surface area is 184 Å². The SMILES string of the molecule is Cc1ccc(Cn2cnc3c(cnn3CCNC(=O)Cc3ccccc3Cl)c2=O)cc1. The van der Waals surface area contributed by atoms with E-state index in [1.807, 2.05) is 49.4 Å². The lowest BCUT2D eigenvalue weighted by Gasteiger charge is -2.08. The van der Waals surface area contributed by atoms with Gasteiger partial charge >= 0.3 is 0 Å². The fourth-order valence-corrected chi connectivity index (χ4v) is 3.54. The van der Waals surface area contributed by atoms with Gasteiger partial charge in [-0.3, -0.25) is 14.2 Å². The second kappa shape index (κ2) is 9.14. The molecule has 2 aromatic heterocycles. The number of hydrogen-bond acceptors (Lipinski definition) is 4. The van der Waals surface area contributed by atoms with Crippen molar-refractivity contribution in [1.82, 2.24) is 24.6 Å². The van der Waals surface area contributed by atoms with Crippen LogP contribution >= 0.6 is 11.6 Å². The zero-order chi connectivity index (χ0) is 21.8. The predicted molar refractivity (Wildman–Crippen MR) is 120 cm³/mol. The van der Waals surface area contributed by atoms with E-state index in [-0.39, 0.29) is 17.9 Å². The molecule has 7 nitrogen and oxygen atoms in total. The van der Waals surface area contributed by atoms with Crippen molar-refractivity contribution in [2.75, 3.05) is 6.54 Å². The number of halogens is 1. The summed E-state index contributed by atoms with van der Waals surface area (Å²) < 4.78 is 3.20. The Hall–Kier alpha value is -3.45. The molecule has 0 aliphatic heterocycles. The normalized spacial score (nSPS) is 11.0. The van der Waals surface area contributed by atoms with Crippen LogP contribution in [0.4, 0.5) is 0 Å². The first-order chi connectivity index (χ1) is 15.0. The van der Waals surface area contributed by atoms with E-state index in [1.54, 1.807) is 21.6 Å². The largest absolute Gasteiger partial charge is 0.354 e. The van der Waals surface area contributed by atoms with E-state index in [9.17, 15) is 9.59 Å². The third kappa shape index (κ3) is 4.83. The number of carbonyl (C=O) groups is 1. The summed E-state index contributed by atoms with van der Waals surface area (Å²) in [5, 5.41) is 8.16. The molecule has 158 valence electrons. The highest BCUT2D eigenvalue weighted by Crippen LogP contribution is 2.15. The molecule has 0 aliphatic rings. The number of hydrogen-bond donors (Lipinski definition) is 1. The summed E-state index contributed by atoms with van der Waals surface area (Å²) in [6.45, 7) is 3.25. The molecular formula is C23H22ClN5O2. The first kappa shape index (κ1) is 20.8. The molecule has 0 atom stereocenters. The van der Waals surface area contributed by atoms with Crippen LogP contribution in [0.5, 0.6) is 0 Å². The van der Waals surface area contributed by atoms with Crippen LogP contribution < -0.4 is 10.9 Å². The molecule has 0 aliphatic carbocycles. The van der Waals surface area contributed by atoms with Gasteiger partial charge in [-0.15, -0.1) is 0 Å². The van der Waals surface area contributed by atoms with Crippen molar-refractivity contribution in [3.05, 3.63) is 93.1 Å². The number of amides is 1. The fraction of sp³-hybridized carbons (Fsp3) is 0.217. The monoisotopic (exact) mass is 435 g/mol. The van der Waals surface area contributed by atoms with Crippen LogP contribution in [-0.2, 0) is 24.3 Å². The van der Waals surface area contributed by atoms with Crippen LogP contribution in [0, 0.1) is 6.92 Å². The highest BCUT2D eigenvalue weighted by atomic mass is 35.5. The van der Waals surface area contributed by atoms with Crippen molar-refractivity contribution >= 4 is 28.5 Å². The molecule has 0 radical (unpaired) electrons. The van der Waals surface area contributed by atoms with Crippen LogP contribution in [0.15, 0.2) is 65.8 Å². The minimum Gasteiger partial charge on any atom is -0.354 e. The Bertz CT molecular complexity index is 1280. The molecule has 0 unspecified atom stereocenters. The zero-order valence-electron chi connectivity index (χ0n) is 17.1. The average molecular weight is 436 g/mol. The maximum absolute atomic E-state index is 12.8. The van der Waals surface area contributed by atoms with Gasteiger partial charge in [-0.25, -0.2) is 9.67 Å². The highest BCUT2D eigenvalue weighted by Gasteiger charge is 2.11. The van der Waals surface area contributed by atoms with Gasteiger partial charge in [-0.2, -0.15) is 5.10 Å². The van der Waals surface area contributed by atoms with Gasteiger partial charge in [0.25, 0.3) is 5.56 Å². The molecule has 31 heavy (non-hydrogen) atoms. The Morgan fingerprint density at radius 3 is 2.68 bits per heavy atom. The lowest BCUT2D eigenvalue weighted by atomic mass is 10.1. The Morgan fingerprint density at radius 1 is 1.13 bits per heavy atom. The van der Waals surface area contributed by atoms with Crippen LogP contribution in [0.25, 0.3) is 11.0 Å². The molecule has 0 saturated heterocycles. The maximum atomic E-state index is 12.8. The van der Waals surface area contributed by atoms with Crippen molar-refractivity contribution in [3.8, 4) is 0 Å². The van der Waals surface area contributed by atoms with Crippen molar-refractivity contribution < 1.29 is 4.79 Å². The Morgan fingerprint density at radius 2 is 1.90 bits per heavy atom. The van der Waals surface area contributed by atoms with Crippen molar-refractivity contribution in [3.63, 3.8) is 0 Å². The smallest absolute Gasteiger partial charge is 0.264 e. The zero-order valence-corrected chi connectivity index (χ0v) is 17.8. The number of fused-ring (bicyclic) bond motifs is 1. The van der Waals surface area contributed by atoms with Gasteiger partial charge in [-0.1, -0.05) is 59.6 Å². The summed E-state index contributed by atoms with van der Waals surface area (Å²) in [5.41, 5.74) is 3.35. The number of rotatable bonds is 7. The number of aromatic nitrogens is 4. The van der Waals surface area contributed by atoms with E-state index in [0.717, 1.165) is 11.1 Å².